The van der Waals surface area contributed by atoms with Crippen molar-refractivity contribution in [3.8, 4) is 0 Å². The van der Waals surface area contributed by atoms with E-state index in [2.05, 4.69) is 0 Å². The zero-order valence-corrected chi connectivity index (χ0v) is 9.44. The fourth-order valence-electron chi connectivity index (χ4n) is 1.85. The maximum atomic E-state index is 13.8. The Morgan fingerprint density at radius 1 is 0.647 bits per heavy atom. The topological polar surface area (TPSA) is 0 Å². The molecule has 0 aliphatic rings. The minimum Gasteiger partial charge on any atom is -0.206 e. The number of hydrogen-bond donors (Lipinski definition) is 0. The molecule has 0 spiro atoms. The highest BCUT2D eigenvalue weighted by molar-refractivity contribution is 5.20. The van der Waals surface area contributed by atoms with E-state index in [-0.39, 0.29) is 12.8 Å². The molecule has 0 heterocycles. The lowest BCUT2D eigenvalue weighted by Gasteiger charge is -2.16. The summed E-state index contributed by atoms with van der Waals surface area (Å²) in [5.41, 5.74) is 1.35. The molecular formula is C15H14F2. The molecule has 0 amide bonds. The number of hydrogen-bond acceptors (Lipinski definition) is 0. The lowest BCUT2D eigenvalue weighted by molar-refractivity contribution is 0.00213. The number of rotatable bonds is 4. The van der Waals surface area contributed by atoms with Crippen molar-refractivity contribution in [2.45, 2.75) is 18.8 Å². The number of alkyl halides is 2. The second-order valence-electron chi connectivity index (χ2n) is 4.18. The van der Waals surface area contributed by atoms with Crippen LogP contribution in [0.3, 0.4) is 0 Å². The van der Waals surface area contributed by atoms with Gasteiger partial charge in [-0.05, 0) is 11.1 Å². The van der Waals surface area contributed by atoms with Gasteiger partial charge in [-0.1, -0.05) is 60.7 Å². The first-order chi connectivity index (χ1) is 8.16. The van der Waals surface area contributed by atoms with Gasteiger partial charge in [0.25, 0.3) is 5.92 Å². The second-order valence-corrected chi connectivity index (χ2v) is 4.18. The molecule has 0 N–H and O–H groups in total. The van der Waals surface area contributed by atoms with Crippen molar-refractivity contribution in [1.82, 2.24) is 0 Å². The van der Waals surface area contributed by atoms with E-state index in [1.807, 2.05) is 12.1 Å². The van der Waals surface area contributed by atoms with Crippen molar-refractivity contribution in [1.29, 1.82) is 0 Å². The zero-order chi connectivity index (χ0) is 12.1. The van der Waals surface area contributed by atoms with Crippen LogP contribution in [-0.4, -0.2) is 5.92 Å². The Morgan fingerprint density at radius 3 is 1.35 bits per heavy atom. The first-order valence-corrected chi connectivity index (χ1v) is 5.61. The summed E-state index contributed by atoms with van der Waals surface area (Å²) < 4.78 is 27.6. The van der Waals surface area contributed by atoms with E-state index in [1.54, 1.807) is 48.5 Å². The van der Waals surface area contributed by atoms with Crippen LogP contribution in [0.5, 0.6) is 0 Å². The van der Waals surface area contributed by atoms with Crippen LogP contribution in [0.2, 0.25) is 0 Å². The summed E-state index contributed by atoms with van der Waals surface area (Å²) in [5.74, 6) is -2.69. The lowest BCUT2D eigenvalue weighted by Crippen LogP contribution is -2.22. The summed E-state index contributed by atoms with van der Waals surface area (Å²) in [6, 6.07) is 17.7. The van der Waals surface area contributed by atoms with E-state index < -0.39 is 5.92 Å². The van der Waals surface area contributed by atoms with Crippen LogP contribution >= 0.6 is 0 Å². The van der Waals surface area contributed by atoms with Gasteiger partial charge in [-0.2, -0.15) is 0 Å². The predicted octanol–water partition coefficient (Wildman–Crippen LogP) is 4.11. The molecule has 0 aromatic heterocycles. The van der Waals surface area contributed by atoms with Gasteiger partial charge in [-0.3, -0.25) is 0 Å². The average Bonchev–Trinajstić information content (AvgIpc) is 2.30. The summed E-state index contributed by atoms with van der Waals surface area (Å²) in [7, 11) is 0. The number of halogens is 2. The van der Waals surface area contributed by atoms with E-state index in [0.29, 0.717) is 11.1 Å². The molecule has 0 nitrogen and oxygen atoms in total. The smallest absolute Gasteiger partial charge is 0.206 e. The molecule has 0 saturated heterocycles. The molecule has 0 atom stereocenters. The Bertz CT molecular complexity index is 405. The van der Waals surface area contributed by atoms with Gasteiger partial charge in [-0.15, -0.1) is 0 Å². The predicted molar refractivity (Wildman–Crippen MR) is 65.2 cm³/mol. The average molecular weight is 232 g/mol. The molecule has 0 fully saturated rings. The van der Waals surface area contributed by atoms with Crippen LogP contribution in [0.1, 0.15) is 11.1 Å². The molecule has 2 aromatic rings. The Kier molecular flexibility index (Phi) is 3.52. The highest BCUT2D eigenvalue weighted by atomic mass is 19.3. The van der Waals surface area contributed by atoms with E-state index in [0.717, 1.165) is 0 Å². The molecule has 17 heavy (non-hydrogen) atoms. The Morgan fingerprint density at radius 2 is 1.00 bits per heavy atom. The normalized spacial score (nSPS) is 11.4. The fourth-order valence-corrected chi connectivity index (χ4v) is 1.85. The summed E-state index contributed by atoms with van der Waals surface area (Å²) in [5, 5.41) is 0. The first-order valence-electron chi connectivity index (χ1n) is 5.61. The first kappa shape index (κ1) is 11.8. The molecule has 2 aromatic carbocycles. The molecule has 0 radical (unpaired) electrons. The molecule has 2 rings (SSSR count). The Balaban J connectivity index is 2.04. The van der Waals surface area contributed by atoms with Crippen molar-refractivity contribution < 1.29 is 8.78 Å². The maximum Gasteiger partial charge on any atom is 0.256 e. The van der Waals surface area contributed by atoms with Gasteiger partial charge < -0.3 is 0 Å². The lowest BCUT2D eigenvalue weighted by atomic mass is 10.0. The van der Waals surface area contributed by atoms with Crippen molar-refractivity contribution in [3.63, 3.8) is 0 Å². The maximum absolute atomic E-state index is 13.8. The van der Waals surface area contributed by atoms with Crippen molar-refractivity contribution in [2.24, 2.45) is 0 Å². The van der Waals surface area contributed by atoms with Crippen LogP contribution in [0, 0.1) is 0 Å². The van der Waals surface area contributed by atoms with E-state index in [9.17, 15) is 8.78 Å². The summed E-state index contributed by atoms with van der Waals surface area (Å²) in [6.07, 6.45) is -0.411. The van der Waals surface area contributed by atoms with Gasteiger partial charge in [0.15, 0.2) is 0 Å². The third kappa shape index (κ3) is 3.66. The van der Waals surface area contributed by atoms with Crippen LogP contribution in [-0.2, 0) is 12.8 Å². The third-order valence-electron chi connectivity index (χ3n) is 2.61. The van der Waals surface area contributed by atoms with Crippen LogP contribution in [0.25, 0.3) is 0 Å². The quantitative estimate of drug-likeness (QED) is 0.744. The summed E-state index contributed by atoms with van der Waals surface area (Å²) in [4.78, 5) is 0. The summed E-state index contributed by atoms with van der Waals surface area (Å²) >= 11 is 0. The minimum absolute atomic E-state index is 0.206. The van der Waals surface area contributed by atoms with E-state index in [1.165, 1.54) is 0 Å². The standard InChI is InChI=1S/C15H14F2/c16-15(17,11-13-7-3-1-4-8-13)12-14-9-5-2-6-10-14/h1-10H,11-12H2. The van der Waals surface area contributed by atoms with Crippen molar-refractivity contribution >= 4 is 0 Å². The fraction of sp³-hybridized carbons (Fsp3) is 0.200. The highest BCUT2D eigenvalue weighted by Gasteiger charge is 2.29. The Labute approximate surface area is 99.9 Å². The van der Waals surface area contributed by atoms with Gasteiger partial charge in [-0.25, -0.2) is 8.78 Å². The molecule has 0 unspecified atom stereocenters. The number of benzene rings is 2. The van der Waals surface area contributed by atoms with Gasteiger partial charge in [0.2, 0.25) is 0 Å². The van der Waals surface area contributed by atoms with Crippen LogP contribution in [0.4, 0.5) is 8.78 Å². The Hall–Kier alpha value is -1.70. The SMILES string of the molecule is FC(F)(Cc1ccccc1)Cc1ccccc1. The molecule has 0 aliphatic carbocycles. The van der Waals surface area contributed by atoms with Gasteiger partial charge in [0.1, 0.15) is 0 Å². The third-order valence-corrected chi connectivity index (χ3v) is 2.61. The van der Waals surface area contributed by atoms with Gasteiger partial charge in [0, 0.05) is 12.8 Å². The monoisotopic (exact) mass is 232 g/mol. The van der Waals surface area contributed by atoms with E-state index >= 15 is 0 Å². The summed E-state index contributed by atoms with van der Waals surface area (Å²) in [6.45, 7) is 0. The largest absolute Gasteiger partial charge is 0.256 e. The highest BCUT2D eigenvalue weighted by Crippen LogP contribution is 2.24. The molecule has 0 saturated carbocycles. The van der Waals surface area contributed by atoms with E-state index in [4.69, 9.17) is 0 Å². The minimum atomic E-state index is -2.69. The molecule has 0 bridgehead atoms. The van der Waals surface area contributed by atoms with Gasteiger partial charge in [0.05, 0.1) is 0 Å². The zero-order valence-electron chi connectivity index (χ0n) is 9.44. The molecule has 2 heteroatoms. The second kappa shape index (κ2) is 5.09. The van der Waals surface area contributed by atoms with Crippen LogP contribution in [0.15, 0.2) is 60.7 Å². The van der Waals surface area contributed by atoms with Crippen molar-refractivity contribution in [3.05, 3.63) is 71.8 Å². The molecule has 88 valence electrons. The molecular weight excluding hydrogens is 218 g/mol. The molecule has 0 aliphatic heterocycles. The van der Waals surface area contributed by atoms with Crippen LogP contribution < -0.4 is 0 Å². The van der Waals surface area contributed by atoms with Gasteiger partial charge >= 0.3 is 0 Å². The van der Waals surface area contributed by atoms with Crippen molar-refractivity contribution in [2.75, 3.05) is 0 Å².